The van der Waals surface area contributed by atoms with Gasteiger partial charge in [-0.1, -0.05) is 20.8 Å². The fourth-order valence-electron chi connectivity index (χ4n) is 3.59. The van der Waals surface area contributed by atoms with Crippen LogP contribution in [0.5, 0.6) is 0 Å². The number of hydrogen-bond acceptors (Lipinski definition) is 1. The second-order valence-electron chi connectivity index (χ2n) is 7.47. The maximum Gasteiger partial charge on any atom is 0.0653 e. The molecule has 0 amide bonds. The van der Waals surface area contributed by atoms with Crippen LogP contribution in [0.15, 0.2) is 36.7 Å². The number of fused-ring (bicyclic) bond motifs is 2. The van der Waals surface area contributed by atoms with Crippen molar-refractivity contribution in [2.75, 3.05) is 0 Å². The number of nitrogens with zero attached hydrogens (tertiary/aromatic N) is 1. The van der Waals surface area contributed by atoms with E-state index >= 15 is 0 Å². The average Bonchev–Trinajstić information content (AvgIpc) is 3.20. The molecule has 0 aliphatic carbocycles. The van der Waals surface area contributed by atoms with Crippen molar-refractivity contribution in [3.05, 3.63) is 64.5 Å². The third kappa shape index (κ3) is 3.52. The molecule has 4 aromatic rings. The fraction of sp³-hybridized carbons (Fsp3) is 0.348. The molecule has 140 valence electrons. The molecule has 0 saturated carbocycles. The van der Waals surface area contributed by atoms with Crippen molar-refractivity contribution in [1.29, 1.82) is 0 Å². The molecule has 3 nitrogen and oxygen atoms in total. The Labute approximate surface area is 158 Å². The predicted octanol–water partition coefficient (Wildman–Crippen LogP) is 6.83. The number of aromatic nitrogens is 3. The summed E-state index contributed by atoms with van der Waals surface area (Å²) >= 11 is 0. The highest BCUT2D eigenvalue weighted by Crippen LogP contribution is 2.24. The summed E-state index contributed by atoms with van der Waals surface area (Å²) in [5.41, 5.74) is 9.32. The van der Waals surface area contributed by atoms with E-state index in [2.05, 4.69) is 87.2 Å². The summed E-state index contributed by atoms with van der Waals surface area (Å²) in [6.45, 7) is 13.1. The highest BCUT2D eigenvalue weighted by Gasteiger charge is 2.06. The van der Waals surface area contributed by atoms with Crippen LogP contribution in [0, 0.1) is 20.8 Å². The van der Waals surface area contributed by atoms with Gasteiger partial charge < -0.3 is 4.98 Å². The van der Waals surface area contributed by atoms with Crippen LogP contribution in [0.25, 0.3) is 21.8 Å². The lowest BCUT2D eigenvalue weighted by molar-refractivity contribution is 0.858. The topological polar surface area (TPSA) is 44.5 Å². The molecule has 4 rings (SSSR count). The molecule has 3 heteroatoms. The van der Waals surface area contributed by atoms with E-state index in [9.17, 15) is 0 Å². The number of rotatable bonds is 2. The molecular formula is C23H33N3. The smallest absolute Gasteiger partial charge is 0.0653 e. The summed E-state index contributed by atoms with van der Waals surface area (Å²) in [5, 5.41) is 9.56. The van der Waals surface area contributed by atoms with Gasteiger partial charge in [0.25, 0.3) is 0 Å². The zero-order valence-electron chi connectivity index (χ0n) is 16.7. The van der Waals surface area contributed by atoms with Crippen molar-refractivity contribution < 1.29 is 2.85 Å². The Bertz CT molecular complexity index is 1040. The molecular weight excluding hydrogens is 318 g/mol. The first-order chi connectivity index (χ1) is 12.4. The quantitative estimate of drug-likeness (QED) is 0.408. The number of benzene rings is 2. The lowest BCUT2D eigenvalue weighted by Crippen LogP contribution is -1.91. The van der Waals surface area contributed by atoms with Crippen molar-refractivity contribution in [2.24, 2.45) is 0 Å². The number of nitrogens with one attached hydrogen (secondary N) is 2. The van der Waals surface area contributed by atoms with Gasteiger partial charge in [-0.25, -0.2) is 0 Å². The Morgan fingerprint density at radius 3 is 2.42 bits per heavy atom. The van der Waals surface area contributed by atoms with E-state index in [1.54, 1.807) is 0 Å². The van der Waals surface area contributed by atoms with E-state index in [-0.39, 0.29) is 2.85 Å². The van der Waals surface area contributed by atoms with E-state index in [0.717, 1.165) is 11.9 Å². The van der Waals surface area contributed by atoms with Gasteiger partial charge in [0, 0.05) is 25.3 Å². The number of aromatic amines is 2. The van der Waals surface area contributed by atoms with Crippen LogP contribution >= 0.6 is 0 Å². The maximum atomic E-state index is 4.02. The Balaban J connectivity index is 0.000000261. The first-order valence-electron chi connectivity index (χ1n) is 9.41. The zero-order valence-corrected chi connectivity index (χ0v) is 16.7. The summed E-state index contributed by atoms with van der Waals surface area (Å²) < 4.78 is 0. The zero-order chi connectivity index (χ0) is 18.8. The van der Waals surface area contributed by atoms with Crippen molar-refractivity contribution >= 4 is 21.8 Å². The van der Waals surface area contributed by atoms with E-state index in [1.165, 1.54) is 44.1 Å². The minimum atomic E-state index is 0. The van der Waals surface area contributed by atoms with Gasteiger partial charge >= 0.3 is 0 Å². The van der Waals surface area contributed by atoms with Gasteiger partial charge in [0.15, 0.2) is 0 Å². The second-order valence-corrected chi connectivity index (χ2v) is 7.47. The fourth-order valence-corrected chi connectivity index (χ4v) is 3.59. The minimum absolute atomic E-state index is 0. The molecule has 0 bridgehead atoms. The molecule has 2 N–H and O–H groups in total. The van der Waals surface area contributed by atoms with Crippen molar-refractivity contribution in [3.8, 4) is 0 Å². The summed E-state index contributed by atoms with van der Waals surface area (Å²) in [7, 11) is 0. The number of hydrogen-bond donors (Lipinski definition) is 2. The lowest BCUT2D eigenvalue weighted by atomic mass is 9.97. The van der Waals surface area contributed by atoms with Gasteiger partial charge in [-0.2, -0.15) is 5.10 Å². The van der Waals surface area contributed by atoms with Crippen LogP contribution in [-0.4, -0.2) is 15.2 Å². The molecule has 0 aliphatic heterocycles. The average molecular weight is 352 g/mol. The SMILES string of the molecule is CCc1cc2[nH]cc(C)c2cc1C.Cc1cc2cn[nH]c2cc1C(C)C.[HH].[HH]. The van der Waals surface area contributed by atoms with E-state index in [1.807, 2.05) is 6.20 Å². The molecule has 0 atom stereocenters. The van der Waals surface area contributed by atoms with Gasteiger partial charge in [0.1, 0.15) is 0 Å². The monoisotopic (exact) mass is 351 g/mol. The molecule has 2 aromatic carbocycles. The number of H-pyrrole nitrogens is 2. The Morgan fingerprint density at radius 1 is 0.962 bits per heavy atom. The third-order valence-electron chi connectivity index (χ3n) is 5.17. The first-order valence-corrected chi connectivity index (χ1v) is 9.41. The summed E-state index contributed by atoms with van der Waals surface area (Å²) in [6, 6.07) is 8.92. The molecule has 0 unspecified atom stereocenters. The summed E-state index contributed by atoms with van der Waals surface area (Å²) in [4.78, 5) is 3.29. The Kier molecular flexibility index (Phi) is 5.17. The predicted molar refractivity (Wildman–Crippen MR) is 116 cm³/mol. The first kappa shape index (κ1) is 18.2. The third-order valence-corrected chi connectivity index (χ3v) is 5.17. The van der Waals surface area contributed by atoms with Gasteiger partial charge in [-0.05, 0) is 85.2 Å². The molecule has 26 heavy (non-hydrogen) atoms. The van der Waals surface area contributed by atoms with Crippen LogP contribution < -0.4 is 0 Å². The number of aryl methyl sites for hydroxylation is 4. The van der Waals surface area contributed by atoms with Crippen molar-refractivity contribution in [3.63, 3.8) is 0 Å². The minimum Gasteiger partial charge on any atom is -0.361 e. The van der Waals surface area contributed by atoms with Gasteiger partial charge in [-0.3, -0.25) is 5.10 Å². The van der Waals surface area contributed by atoms with Crippen LogP contribution in [0.4, 0.5) is 0 Å². The standard InChI is InChI=1S/C12H15N.C11H14N2.2H2/c1-4-10-6-12-11(5-8(10)2)9(3)7-13-12;1-7(2)10-5-11-9(4-8(10)3)6-12-13-11;;/h5-7,13H,4H2,1-3H3;4-7H,1-3H3,(H,12,13);2*1H. The van der Waals surface area contributed by atoms with Gasteiger partial charge in [0.05, 0.1) is 11.7 Å². The van der Waals surface area contributed by atoms with E-state index in [0.29, 0.717) is 5.92 Å². The van der Waals surface area contributed by atoms with Crippen LogP contribution in [-0.2, 0) is 6.42 Å². The molecule has 0 fully saturated rings. The van der Waals surface area contributed by atoms with Gasteiger partial charge in [0.2, 0.25) is 0 Å². The molecule has 2 heterocycles. The Hall–Kier alpha value is -2.55. The second kappa shape index (κ2) is 7.36. The highest BCUT2D eigenvalue weighted by atomic mass is 15.1. The van der Waals surface area contributed by atoms with Crippen molar-refractivity contribution in [2.45, 2.75) is 53.9 Å². The summed E-state index contributed by atoms with van der Waals surface area (Å²) in [5.74, 6) is 0.577. The molecule has 0 spiro atoms. The van der Waals surface area contributed by atoms with Crippen LogP contribution in [0.1, 0.15) is 57.4 Å². The largest absolute Gasteiger partial charge is 0.361 e. The molecule has 0 saturated heterocycles. The van der Waals surface area contributed by atoms with Gasteiger partial charge in [-0.15, -0.1) is 0 Å². The molecule has 2 aromatic heterocycles. The normalized spacial score (nSPS) is 11.2. The Morgan fingerprint density at radius 2 is 1.73 bits per heavy atom. The van der Waals surface area contributed by atoms with E-state index in [4.69, 9.17) is 0 Å². The summed E-state index contributed by atoms with van der Waals surface area (Å²) in [6.07, 6.45) is 5.05. The van der Waals surface area contributed by atoms with E-state index < -0.39 is 0 Å². The molecule has 0 aliphatic rings. The maximum absolute atomic E-state index is 4.02. The van der Waals surface area contributed by atoms with Crippen LogP contribution in [0.2, 0.25) is 0 Å². The molecule has 0 radical (unpaired) electrons. The highest BCUT2D eigenvalue weighted by molar-refractivity contribution is 5.84. The van der Waals surface area contributed by atoms with Crippen LogP contribution in [0.3, 0.4) is 0 Å². The van der Waals surface area contributed by atoms with Crippen molar-refractivity contribution in [1.82, 2.24) is 15.2 Å². The lowest BCUT2D eigenvalue weighted by Gasteiger charge is -2.08.